The van der Waals surface area contributed by atoms with Crippen LogP contribution in [0, 0.1) is 11.0 Å². The van der Waals surface area contributed by atoms with Gasteiger partial charge in [0.25, 0.3) is 0 Å². The fourth-order valence-corrected chi connectivity index (χ4v) is 2.34. The summed E-state index contributed by atoms with van der Waals surface area (Å²) in [6.45, 7) is 8.99. The van der Waals surface area contributed by atoms with Crippen molar-refractivity contribution < 1.29 is 18.7 Å². The Hall–Kier alpha value is -2.63. The topological polar surface area (TPSA) is 65.3 Å². The number of ether oxygens (including phenoxy) is 1. The van der Waals surface area contributed by atoms with E-state index in [1.807, 2.05) is 13.8 Å². The second-order valence-corrected chi connectivity index (χ2v) is 7.39. The molecule has 1 aromatic carbocycles. The molecule has 134 valence electrons. The van der Waals surface area contributed by atoms with Gasteiger partial charge in [-0.2, -0.15) is 4.73 Å². The van der Waals surface area contributed by atoms with E-state index in [0.29, 0.717) is 16.0 Å². The Kier molecular flexibility index (Phi) is 5.02. The fourth-order valence-electron chi connectivity index (χ4n) is 2.34. The molecule has 1 N–H and O–H groups in total. The van der Waals surface area contributed by atoms with Crippen molar-refractivity contribution in [1.29, 1.82) is 0 Å². The zero-order valence-corrected chi connectivity index (χ0v) is 15.1. The van der Waals surface area contributed by atoms with E-state index in [4.69, 9.17) is 4.74 Å². The molecule has 6 heteroatoms. The number of nitrogens with zero attached hydrogens (tertiary/aromatic N) is 1. The lowest BCUT2D eigenvalue weighted by atomic mass is 9.93. The summed E-state index contributed by atoms with van der Waals surface area (Å²) in [6.07, 6.45) is 0.826. The van der Waals surface area contributed by atoms with Gasteiger partial charge >= 0.3 is 6.09 Å². The summed E-state index contributed by atoms with van der Waals surface area (Å²) in [4.78, 5) is 12.1. The van der Waals surface area contributed by atoms with Crippen LogP contribution in [0.2, 0.25) is 0 Å². The number of hydrogen-bond acceptors (Lipinski definition) is 3. The van der Waals surface area contributed by atoms with Crippen molar-refractivity contribution >= 4 is 6.09 Å². The lowest BCUT2D eigenvalue weighted by Crippen LogP contribution is -2.44. The molecule has 2 rings (SSSR count). The van der Waals surface area contributed by atoms with Crippen molar-refractivity contribution in [3.05, 3.63) is 59.2 Å². The molecule has 0 bridgehead atoms. The van der Waals surface area contributed by atoms with Crippen molar-refractivity contribution in [1.82, 2.24) is 5.32 Å². The number of nitrogens with one attached hydrogen (secondary N) is 1. The standard InChI is InChI=1S/C19H23FN2O3/c1-18(2,3)25-17(23)21-19(4,5)14-10-11-22(24)16(12-14)13-6-8-15(20)9-7-13/h6-12H,1-5H3,(H,21,23). The highest BCUT2D eigenvalue weighted by Crippen LogP contribution is 2.24. The molecule has 0 unspecified atom stereocenters. The molecule has 2 aromatic rings. The van der Waals surface area contributed by atoms with Gasteiger partial charge in [0.05, 0.1) is 5.54 Å². The maximum atomic E-state index is 13.1. The number of pyridine rings is 1. The highest BCUT2D eigenvalue weighted by Gasteiger charge is 2.28. The highest BCUT2D eigenvalue weighted by molar-refractivity contribution is 5.69. The first-order valence-electron chi connectivity index (χ1n) is 7.99. The quantitative estimate of drug-likeness (QED) is 0.677. The largest absolute Gasteiger partial charge is 0.618 e. The number of rotatable bonds is 3. The second kappa shape index (κ2) is 6.70. The normalized spacial score (nSPS) is 11.9. The van der Waals surface area contributed by atoms with Gasteiger partial charge in [0.15, 0.2) is 6.20 Å². The van der Waals surface area contributed by atoms with Crippen LogP contribution in [-0.4, -0.2) is 11.7 Å². The molecule has 0 aliphatic carbocycles. The maximum Gasteiger partial charge on any atom is 0.408 e. The van der Waals surface area contributed by atoms with Gasteiger partial charge in [-0.05, 0) is 64.4 Å². The Bertz CT molecular complexity index is 765. The number of benzene rings is 1. The number of alkyl carbamates (subject to hydrolysis) is 1. The predicted octanol–water partition coefficient (Wildman–Crippen LogP) is 3.89. The van der Waals surface area contributed by atoms with E-state index in [1.54, 1.807) is 32.9 Å². The number of carbonyl (C=O) groups is 1. The van der Waals surface area contributed by atoms with Gasteiger partial charge in [0.2, 0.25) is 5.69 Å². The molecule has 1 amide bonds. The van der Waals surface area contributed by atoms with Crippen molar-refractivity contribution in [2.45, 2.75) is 45.8 Å². The van der Waals surface area contributed by atoms with Gasteiger partial charge in [-0.1, -0.05) is 0 Å². The van der Waals surface area contributed by atoms with E-state index in [1.165, 1.54) is 30.5 Å². The number of hydrogen-bond donors (Lipinski definition) is 1. The van der Waals surface area contributed by atoms with E-state index in [9.17, 15) is 14.4 Å². The van der Waals surface area contributed by atoms with Crippen molar-refractivity contribution in [3.8, 4) is 11.3 Å². The first-order chi connectivity index (χ1) is 11.5. The first-order valence-corrected chi connectivity index (χ1v) is 7.99. The number of carbonyl (C=O) groups excluding carboxylic acids is 1. The molecule has 0 spiro atoms. The van der Waals surface area contributed by atoms with Crippen LogP contribution in [0.3, 0.4) is 0 Å². The first kappa shape index (κ1) is 18.7. The minimum atomic E-state index is -0.759. The van der Waals surface area contributed by atoms with Crippen LogP contribution >= 0.6 is 0 Å². The average Bonchev–Trinajstić information content (AvgIpc) is 2.46. The molecule has 1 aromatic heterocycles. The Morgan fingerprint density at radius 1 is 1.12 bits per heavy atom. The summed E-state index contributed by atoms with van der Waals surface area (Å²) >= 11 is 0. The fraction of sp³-hybridized carbons (Fsp3) is 0.368. The zero-order valence-electron chi connectivity index (χ0n) is 15.1. The summed E-state index contributed by atoms with van der Waals surface area (Å²) in [5.74, 6) is -0.371. The third-order valence-corrected chi connectivity index (χ3v) is 3.59. The van der Waals surface area contributed by atoms with Gasteiger partial charge in [0, 0.05) is 17.7 Å². The molecular formula is C19H23FN2O3. The van der Waals surface area contributed by atoms with Crippen LogP contribution in [-0.2, 0) is 10.3 Å². The molecule has 25 heavy (non-hydrogen) atoms. The van der Waals surface area contributed by atoms with E-state index in [2.05, 4.69) is 5.32 Å². The van der Waals surface area contributed by atoms with Crippen LogP contribution in [0.15, 0.2) is 42.6 Å². The highest BCUT2D eigenvalue weighted by atomic mass is 19.1. The van der Waals surface area contributed by atoms with Gasteiger partial charge in [-0.3, -0.25) is 0 Å². The van der Waals surface area contributed by atoms with Gasteiger partial charge < -0.3 is 15.3 Å². The molecule has 0 fully saturated rings. The Balaban J connectivity index is 2.31. The minimum absolute atomic E-state index is 0.371. The second-order valence-electron chi connectivity index (χ2n) is 7.39. The van der Waals surface area contributed by atoms with Gasteiger partial charge in [0.1, 0.15) is 11.4 Å². The Labute approximate surface area is 147 Å². The maximum absolute atomic E-state index is 13.1. The summed E-state index contributed by atoms with van der Waals surface area (Å²) < 4.78 is 19.1. The van der Waals surface area contributed by atoms with Crippen LogP contribution in [0.25, 0.3) is 11.3 Å². The van der Waals surface area contributed by atoms with Crippen molar-refractivity contribution in [3.63, 3.8) is 0 Å². The summed E-state index contributed by atoms with van der Waals surface area (Å²) in [7, 11) is 0. The van der Waals surface area contributed by atoms with Crippen LogP contribution in [0.1, 0.15) is 40.2 Å². The summed E-state index contributed by atoms with van der Waals surface area (Å²) in [5.41, 5.74) is 0.326. The third kappa shape index (κ3) is 4.92. The molecule has 0 aliphatic rings. The zero-order chi connectivity index (χ0) is 18.8. The van der Waals surface area contributed by atoms with Gasteiger partial charge in [-0.15, -0.1) is 0 Å². The van der Waals surface area contributed by atoms with Crippen molar-refractivity contribution in [2.75, 3.05) is 0 Å². The molecule has 0 radical (unpaired) electrons. The monoisotopic (exact) mass is 346 g/mol. The molecule has 0 aliphatic heterocycles. The lowest BCUT2D eigenvalue weighted by molar-refractivity contribution is -0.593. The Morgan fingerprint density at radius 2 is 1.72 bits per heavy atom. The molecule has 5 nitrogen and oxygen atoms in total. The van der Waals surface area contributed by atoms with Crippen LogP contribution < -0.4 is 10.0 Å². The van der Waals surface area contributed by atoms with E-state index in [0.717, 1.165) is 5.56 Å². The van der Waals surface area contributed by atoms with Crippen LogP contribution in [0.4, 0.5) is 9.18 Å². The van der Waals surface area contributed by atoms with E-state index in [-0.39, 0.29) is 5.82 Å². The summed E-state index contributed by atoms with van der Waals surface area (Å²) in [6, 6.07) is 8.99. The predicted molar refractivity (Wildman–Crippen MR) is 93.2 cm³/mol. The van der Waals surface area contributed by atoms with Crippen molar-refractivity contribution in [2.24, 2.45) is 0 Å². The lowest BCUT2D eigenvalue weighted by Gasteiger charge is -2.29. The van der Waals surface area contributed by atoms with E-state index < -0.39 is 17.2 Å². The number of halogens is 1. The molecule has 0 saturated carbocycles. The molecule has 0 atom stereocenters. The summed E-state index contributed by atoms with van der Waals surface area (Å²) in [5, 5.41) is 14.9. The molecule has 1 heterocycles. The Morgan fingerprint density at radius 3 is 2.28 bits per heavy atom. The average molecular weight is 346 g/mol. The minimum Gasteiger partial charge on any atom is -0.618 e. The molecular weight excluding hydrogens is 323 g/mol. The van der Waals surface area contributed by atoms with Crippen LogP contribution in [0.5, 0.6) is 0 Å². The van der Waals surface area contributed by atoms with E-state index >= 15 is 0 Å². The number of amides is 1. The van der Waals surface area contributed by atoms with Gasteiger partial charge in [-0.25, -0.2) is 9.18 Å². The SMILES string of the molecule is CC(C)(C)OC(=O)NC(C)(C)c1cc[n+]([O-])c(-c2ccc(F)cc2)c1. The smallest absolute Gasteiger partial charge is 0.408 e. The third-order valence-electron chi connectivity index (χ3n) is 3.59. The molecule has 0 saturated heterocycles. The number of aromatic nitrogens is 1.